The fourth-order valence-corrected chi connectivity index (χ4v) is 3.17. The maximum absolute atomic E-state index is 12.4. The van der Waals surface area contributed by atoms with Gasteiger partial charge in [0.15, 0.2) is 0 Å². The van der Waals surface area contributed by atoms with E-state index in [1.54, 1.807) is 30.3 Å². The second-order valence-corrected chi connectivity index (χ2v) is 7.41. The Morgan fingerprint density at radius 1 is 1.23 bits per heavy atom. The molecular weight excluding hydrogens is 332 g/mol. The molecule has 1 fully saturated rings. The van der Waals surface area contributed by atoms with Crippen LogP contribution in [0.25, 0.3) is 11.1 Å². The Balaban J connectivity index is 2.19. The number of rotatable bonds is 4. The number of ether oxygens (including phenoxy) is 2. The summed E-state index contributed by atoms with van der Waals surface area (Å²) >= 11 is 0. The summed E-state index contributed by atoms with van der Waals surface area (Å²) in [7, 11) is 1.63. The van der Waals surface area contributed by atoms with Crippen molar-refractivity contribution in [2.24, 2.45) is 0 Å². The van der Waals surface area contributed by atoms with Gasteiger partial charge in [0.25, 0.3) is 5.56 Å². The van der Waals surface area contributed by atoms with Gasteiger partial charge in [-0.1, -0.05) is 20.8 Å². The van der Waals surface area contributed by atoms with Crippen molar-refractivity contribution in [2.75, 3.05) is 20.3 Å². The highest BCUT2D eigenvalue weighted by Gasteiger charge is 2.26. The average molecular weight is 356 g/mol. The minimum atomic E-state index is -0.336. The molecule has 0 atom stereocenters. The van der Waals surface area contributed by atoms with E-state index in [2.05, 4.69) is 25.8 Å². The molecule has 138 valence electrons. The van der Waals surface area contributed by atoms with Gasteiger partial charge >= 0.3 is 6.09 Å². The summed E-state index contributed by atoms with van der Waals surface area (Å²) in [6.45, 7) is 7.58. The van der Waals surface area contributed by atoms with Crippen molar-refractivity contribution in [3.8, 4) is 16.9 Å². The van der Waals surface area contributed by atoms with Crippen LogP contribution in [0.5, 0.6) is 5.75 Å². The van der Waals surface area contributed by atoms with Gasteiger partial charge in [0, 0.05) is 23.9 Å². The van der Waals surface area contributed by atoms with Gasteiger partial charge in [-0.05, 0) is 40.8 Å². The van der Waals surface area contributed by atoms with Crippen molar-refractivity contribution in [1.29, 1.82) is 0 Å². The Morgan fingerprint density at radius 2 is 2.00 bits per heavy atom. The van der Waals surface area contributed by atoms with Crippen LogP contribution in [0.4, 0.5) is 4.79 Å². The van der Waals surface area contributed by atoms with E-state index in [9.17, 15) is 9.59 Å². The maximum atomic E-state index is 12.4. The highest BCUT2D eigenvalue weighted by Crippen LogP contribution is 2.37. The van der Waals surface area contributed by atoms with Crippen molar-refractivity contribution in [2.45, 2.75) is 32.7 Å². The smallest absolute Gasteiger partial charge is 0.410 e. The van der Waals surface area contributed by atoms with Crippen LogP contribution in [0.15, 0.2) is 35.3 Å². The third-order valence-corrected chi connectivity index (χ3v) is 4.55. The predicted molar refractivity (Wildman–Crippen MR) is 99.5 cm³/mol. The highest BCUT2D eigenvalue weighted by atomic mass is 16.6. The lowest BCUT2D eigenvalue weighted by atomic mass is 9.83. The number of nitrogens with one attached hydrogen (secondary N) is 1. The van der Waals surface area contributed by atoms with Gasteiger partial charge in [-0.2, -0.15) is 0 Å². The molecule has 1 amide bonds. The van der Waals surface area contributed by atoms with Gasteiger partial charge in [-0.15, -0.1) is 0 Å². The number of aromatic nitrogens is 1. The Kier molecular flexibility index (Phi) is 4.76. The van der Waals surface area contributed by atoms with E-state index in [-0.39, 0.29) is 17.1 Å². The van der Waals surface area contributed by atoms with Crippen LogP contribution in [-0.2, 0) is 16.7 Å². The van der Waals surface area contributed by atoms with E-state index in [1.165, 1.54) is 0 Å². The summed E-state index contributed by atoms with van der Waals surface area (Å²) < 4.78 is 10.6. The summed E-state index contributed by atoms with van der Waals surface area (Å²) in [5.41, 5.74) is 2.91. The molecule has 0 bridgehead atoms. The molecule has 1 aliphatic heterocycles. The lowest BCUT2D eigenvalue weighted by Crippen LogP contribution is -2.24. The molecule has 0 saturated carbocycles. The van der Waals surface area contributed by atoms with E-state index in [1.807, 2.05) is 12.1 Å². The molecule has 1 saturated heterocycles. The highest BCUT2D eigenvalue weighted by molar-refractivity contribution is 5.73. The third-order valence-electron chi connectivity index (χ3n) is 4.55. The number of methoxy groups -OCH3 is 1. The van der Waals surface area contributed by atoms with Crippen molar-refractivity contribution in [3.05, 3.63) is 51.9 Å². The fourth-order valence-electron chi connectivity index (χ4n) is 3.17. The number of pyridine rings is 1. The minimum absolute atomic E-state index is 0.160. The number of aromatic amines is 1. The zero-order valence-corrected chi connectivity index (χ0v) is 15.6. The van der Waals surface area contributed by atoms with Crippen LogP contribution in [0.1, 0.15) is 31.9 Å². The zero-order valence-electron chi connectivity index (χ0n) is 15.6. The SMILES string of the molecule is COc1cc(CN2CCOC2=O)c(-c2ccc[nH]c2=O)cc1C(C)(C)C. The molecule has 26 heavy (non-hydrogen) atoms. The largest absolute Gasteiger partial charge is 0.496 e. The first kappa shape index (κ1) is 18.0. The molecule has 0 spiro atoms. The lowest BCUT2D eigenvalue weighted by molar-refractivity contribution is 0.157. The van der Waals surface area contributed by atoms with Crippen LogP contribution in [0, 0.1) is 0 Å². The number of hydrogen-bond donors (Lipinski definition) is 1. The normalized spacial score (nSPS) is 14.5. The molecule has 3 rings (SSSR count). The van der Waals surface area contributed by atoms with Gasteiger partial charge in [-0.3, -0.25) is 4.79 Å². The van der Waals surface area contributed by atoms with E-state index in [4.69, 9.17) is 9.47 Å². The number of nitrogens with zero attached hydrogens (tertiary/aromatic N) is 1. The molecule has 2 aromatic rings. The van der Waals surface area contributed by atoms with Crippen LogP contribution in [-0.4, -0.2) is 36.2 Å². The molecular formula is C20H24N2O4. The second-order valence-electron chi connectivity index (χ2n) is 7.41. The topological polar surface area (TPSA) is 71.6 Å². The van der Waals surface area contributed by atoms with Crippen LogP contribution in [0.3, 0.4) is 0 Å². The lowest BCUT2D eigenvalue weighted by Gasteiger charge is -2.25. The summed E-state index contributed by atoms with van der Waals surface area (Å²) in [5, 5.41) is 0. The van der Waals surface area contributed by atoms with Crippen molar-refractivity contribution in [3.63, 3.8) is 0 Å². The molecule has 6 nitrogen and oxygen atoms in total. The number of cyclic esters (lactones) is 1. The van der Waals surface area contributed by atoms with Crippen molar-refractivity contribution < 1.29 is 14.3 Å². The summed E-state index contributed by atoms with van der Waals surface area (Å²) in [4.78, 5) is 28.6. The summed E-state index contributed by atoms with van der Waals surface area (Å²) in [6, 6.07) is 7.51. The Morgan fingerprint density at radius 3 is 2.58 bits per heavy atom. The quantitative estimate of drug-likeness (QED) is 0.912. The second kappa shape index (κ2) is 6.86. The molecule has 0 aliphatic carbocycles. The number of amides is 1. The summed E-state index contributed by atoms with van der Waals surface area (Å²) in [6.07, 6.45) is 1.27. The van der Waals surface area contributed by atoms with Crippen LogP contribution >= 0.6 is 0 Å². The average Bonchev–Trinajstić information content (AvgIpc) is 2.99. The molecule has 0 unspecified atom stereocenters. The van der Waals surface area contributed by atoms with E-state index in [0.717, 1.165) is 22.4 Å². The van der Waals surface area contributed by atoms with Gasteiger partial charge in [0.2, 0.25) is 0 Å². The number of H-pyrrole nitrogens is 1. The number of carbonyl (C=O) groups is 1. The zero-order chi connectivity index (χ0) is 18.9. The van der Waals surface area contributed by atoms with Crippen LogP contribution < -0.4 is 10.3 Å². The molecule has 0 radical (unpaired) electrons. The van der Waals surface area contributed by atoms with Gasteiger partial charge < -0.3 is 19.4 Å². The van der Waals surface area contributed by atoms with Gasteiger partial charge in [0.05, 0.1) is 13.7 Å². The number of carbonyl (C=O) groups excluding carboxylic acids is 1. The summed E-state index contributed by atoms with van der Waals surface area (Å²) in [5.74, 6) is 0.746. The standard InChI is InChI=1S/C20H24N2O4/c1-20(2,3)16-11-15(14-6-5-7-21-18(14)23)13(10-17(16)25-4)12-22-8-9-26-19(22)24/h5-7,10-11H,8-9,12H2,1-4H3,(H,21,23). The molecule has 1 aromatic carbocycles. The first-order valence-corrected chi connectivity index (χ1v) is 8.62. The van der Waals surface area contributed by atoms with Crippen LogP contribution in [0.2, 0.25) is 0 Å². The van der Waals surface area contributed by atoms with E-state index < -0.39 is 0 Å². The number of hydrogen-bond acceptors (Lipinski definition) is 4. The van der Waals surface area contributed by atoms with Crippen molar-refractivity contribution >= 4 is 6.09 Å². The van der Waals surface area contributed by atoms with Gasteiger partial charge in [0.1, 0.15) is 12.4 Å². The molecule has 1 N–H and O–H groups in total. The third kappa shape index (κ3) is 3.45. The van der Waals surface area contributed by atoms with Crippen molar-refractivity contribution in [1.82, 2.24) is 9.88 Å². The first-order chi connectivity index (χ1) is 12.3. The Labute approximate surface area is 152 Å². The van der Waals surface area contributed by atoms with E-state index in [0.29, 0.717) is 25.3 Å². The first-order valence-electron chi connectivity index (χ1n) is 8.62. The molecule has 2 heterocycles. The Bertz CT molecular complexity index is 880. The Hall–Kier alpha value is -2.76. The minimum Gasteiger partial charge on any atom is -0.496 e. The molecule has 1 aliphatic rings. The predicted octanol–water partition coefficient (Wildman–Crippen LogP) is 3.30. The fraction of sp³-hybridized carbons (Fsp3) is 0.400. The molecule has 1 aromatic heterocycles. The monoisotopic (exact) mass is 356 g/mol. The van der Waals surface area contributed by atoms with E-state index >= 15 is 0 Å². The number of benzene rings is 1. The molecule has 6 heteroatoms. The van der Waals surface area contributed by atoms with Gasteiger partial charge in [-0.25, -0.2) is 4.79 Å². The maximum Gasteiger partial charge on any atom is 0.410 e.